The molecule has 0 spiro atoms. The number of nitrogens with zero attached hydrogens (tertiary/aromatic N) is 1. The SMILES string of the molecule is CC(C)N(CC(O)c1cccc(N)c1)CC(F)(F)F. The second-order valence-electron chi connectivity index (χ2n) is 4.82. The molecule has 0 fully saturated rings. The molecule has 3 N–H and O–H groups in total. The number of hydrogen-bond donors (Lipinski definition) is 2. The van der Waals surface area contributed by atoms with Crippen LogP contribution in [0.25, 0.3) is 0 Å². The van der Waals surface area contributed by atoms with Crippen molar-refractivity contribution < 1.29 is 18.3 Å². The molecule has 6 heteroatoms. The average molecular weight is 276 g/mol. The summed E-state index contributed by atoms with van der Waals surface area (Å²) < 4.78 is 37.3. The third-order valence-electron chi connectivity index (χ3n) is 2.82. The van der Waals surface area contributed by atoms with Crippen molar-refractivity contribution in [2.45, 2.75) is 32.2 Å². The molecule has 0 amide bonds. The summed E-state index contributed by atoms with van der Waals surface area (Å²) in [5.41, 5.74) is 6.58. The zero-order valence-corrected chi connectivity index (χ0v) is 11.0. The molecule has 0 bridgehead atoms. The van der Waals surface area contributed by atoms with E-state index < -0.39 is 18.8 Å². The molecule has 0 saturated carbocycles. The normalized spacial score (nSPS) is 14.1. The third kappa shape index (κ3) is 5.48. The fourth-order valence-corrected chi connectivity index (χ4v) is 1.78. The lowest BCUT2D eigenvalue weighted by Gasteiger charge is -2.29. The van der Waals surface area contributed by atoms with E-state index in [-0.39, 0.29) is 12.6 Å². The van der Waals surface area contributed by atoms with Gasteiger partial charge in [0.15, 0.2) is 0 Å². The average Bonchev–Trinajstić information content (AvgIpc) is 2.26. The minimum atomic E-state index is -4.28. The molecule has 1 atom stereocenters. The lowest BCUT2D eigenvalue weighted by atomic mass is 10.1. The Labute approximate surface area is 110 Å². The molecule has 1 rings (SSSR count). The van der Waals surface area contributed by atoms with E-state index in [9.17, 15) is 18.3 Å². The van der Waals surface area contributed by atoms with Gasteiger partial charge >= 0.3 is 6.18 Å². The molecule has 1 aromatic rings. The maximum absolute atomic E-state index is 12.4. The van der Waals surface area contributed by atoms with Crippen LogP contribution in [0.15, 0.2) is 24.3 Å². The second kappa shape index (κ2) is 6.25. The van der Waals surface area contributed by atoms with E-state index in [1.807, 2.05) is 0 Å². The largest absolute Gasteiger partial charge is 0.401 e. The molecule has 1 unspecified atom stereocenters. The van der Waals surface area contributed by atoms with Crippen molar-refractivity contribution in [1.82, 2.24) is 4.90 Å². The van der Waals surface area contributed by atoms with E-state index >= 15 is 0 Å². The summed E-state index contributed by atoms with van der Waals surface area (Å²) in [6, 6.07) is 6.23. The van der Waals surface area contributed by atoms with Gasteiger partial charge in [0.05, 0.1) is 12.6 Å². The number of aliphatic hydroxyl groups excluding tert-OH is 1. The zero-order valence-electron chi connectivity index (χ0n) is 11.0. The number of alkyl halides is 3. The van der Waals surface area contributed by atoms with Gasteiger partial charge in [0.2, 0.25) is 0 Å². The number of nitrogen functional groups attached to an aromatic ring is 1. The van der Waals surface area contributed by atoms with Crippen molar-refractivity contribution in [2.75, 3.05) is 18.8 Å². The zero-order chi connectivity index (χ0) is 14.6. The van der Waals surface area contributed by atoms with Crippen molar-refractivity contribution in [3.05, 3.63) is 29.8 Å². The van der Waals surface area contributed by atoms with Crippen LogP contribution in [-0.2, 0) is 0 Å². The van der Waals surface area contributed by atoms with E-state index in [0.29, 0.717) is 11.3 Å². The Kier molecular flexibility index (Phi) is 5.20. The maximum atomic E-state index is 12.4. The predicted molar refractivity (Wildman–Crippen MR) is 68.6 cm³/mol. The first-order chi connectivity index (χ1) is 8.69. The number of halogens is 3. The van der Waals surface area contributed by atoms with Gasteiger partial charge in [-0.05, 0) is 31.5 Å². The van der Waals surface area contributed by atoms with Crippen LogP contribution in [-0.4, -0.2) is 35.3 Å². The summed E-state index contributed by atoms with van der Waals surface area (Å²) >= 11 is 0. The summed E-state index contributed by atoms with van der Waals surface area (Å²) in [6.45, 7) is 2.21. The van der Waals surface area contributed by atoms with Gasteiger partial charge in [0.1, 0.15) is 0 Å². The standard InChI is InChI=1S/C13H19F3N2O/c1-9(2)18(8-13(14,15)16)7-12(19)10-4-3-5-11(17)6-10/h3-6,9,12,19H,7-8,17H2,1-2H3. The smallest absolute Gasteiger partial charge is 0.399 e. The van der Waals surface area contributed by atoms with Crippen molar-refractivity contribution in [1.29, 1.82) is 0 Å². The van der Waals surface area contributed by atoms with Gasteiger partial charge in [-0.3, -0.25) is 4.90 Å². The molecule has 0 aliphatic rings. The number of benzene rings is 1. The number of anilines is 1. The highest BCUT2D eigenvalue weighted by atomic mass is 19.4. The fourth-order valence-electron chi connectivity index (χ4n) is 1.78. The molecule has 0 aromatic heterocycles. The highest BCUT2D eigenvalue weighted by Crippen LogP contribution is 2.22. The molecule has 0 aliphatic carbocycles. The monoisotopic (exact) mass is 276 g/mol. The van der Waals surface area contributed by atoms with Crippen molar-refractivity contribution in [3.63, 3.8) is 0 Å². The van der Waals surface area contributed by atoms with Gasteiger partial charge in [-0.15, -0.1) is 0 Å². The second-order valence-corrected chi connectivity index (χ2v) is 4.82. The Morgan fingerprint density at radius 1 is 1.32 bits per heavy atom. The summed E-state index contributed by atoms with van der Waals surface area (Å²) in [4.78, 5) is 1.19. The Morgan fingerprint density at radius 2 is 1.95 bits per heavy atom. The fraction of sp³-hybridized carbons (Fsp3) is 0.538. The lowest BCUT2D eigenvalue weighted by molar-refractivity contribution is -0.152. The quantitative estimate of drug-likeness (QED) is 0.813. The van der Waals surface area contributed by atoms with Crippen LogP contribution in [0, 0.1) is 0 Å². The van der Waals surface area contributed by atoms with E-state index in [1.54, 1.807) is 38.1 Å². The van der Waals surface area contributed by atoms with Gasteiger partial charge in [0.25, 0.3) is 0 Å². The molecule has 3 nitrogen and oxygen atoms in total. The number of nitrogens with two attached hydrogens (primary N) is 1. The van der Waals surface area contributed by atoms with Crippen LogP contribution in [0.1, 0.15) is 25.5 Å². The predicted octanol–water partition coefficient (Wildman–Crippen LogP) is 2.57. The van der Waals surface area contributed by atoms with Gasteiger partial charge in [0, 0.05) is 18.3 Å². The highest BCUT2D eigenvalue weighted by Gasteiger charge is 2.32. The van der Waals surface area contributed by atoms with Crippen LogP contribution >= 0.6 is 0 Å². The summed E-state index contributed by atoms with van der Waals surface area (Å²) in [6.07, 6.45) is -5.27. The van der Waals surface area contributed by atoms with Gasteiger partial charge < -0.3 is 10.8 Å². The van der Waals surface area contributed by atoms with E-state index in [0.717, 1.165) is 0 Å². The van der Waals surface area contributed by atoms with E-state index in [4.69, 9.17) is 5.73 Å². The summed E-state index contributed by atoms with van der Waals surface area (Å²) in [5, 5.41) is 10.00. The molecule has 0 heterocycles. The molecule has 0 radical (unpaired) electrons. The topological polar surface area (TPSA) is 49.5 Å². The van der Waals surface area contributed by atoms with Crippen LogP contribution in [0.3, 0.4) is 0 Å². The molecular formula is C13H19F3N2O. The Hall–Kier alpha value is -1.27. The minimum Gasteiger partial charge on any atom is -0.399 e. The first-order valence-electron chi connectivity index (χ1n) is 6.03. The molecule has 1 aromatic carbocycles. The highest BCUT2D eigenvalue weighted by molar-refractivity contribution is 5.41. The molecule has 0 aliphatic heterocycles. The number of rotatable bonds is 5. The van der Waals surface area contributed by atoms with Gasteiger partial charge in [-0.25, -0.2) is 0 Å². The Balaban J connectivity index is 2.74. The van der Waals surface area contributed by atoms with Crippen LogP contribution in [0.5, 0.6) is 0 Å². The van der Waals surface area contributed by atoms with E-state index in [2.05, 4.69) is 0 Å². The molecule has 108 valence electrons. The lowest BCUT2D eigenvalue weighted by Crippen LogP contribution is -2.41. The Morgan fingerprint density at radius 3 is 2.42 bits per heavy atom. The van der Waals surface area contributed by atoms with Crippen molar-refractivity contribution >= 4 is 5.69 Å². The number of aliphatic hydroxyl groups is 1. The van der Waals surface area contributed by atoms with Crippen LogP contribution in [0.2, 0.25) is 0 Å². The summed E-state index contributed by atoms with van der Waals surface area (Å²) in [5.74, 6) is 0. The third-order valence-corrected chi connectivity index (χ3v) is 2.82. The molecule has 19 heavy (non-hydrogen) atoms. The number of hydrogen-bond acceptors (Lipinski definition) is 3. The summed E-state index contributed by atoms with van der Waals surface area (Å²) in [7, 11) is 0. The van der Waals surface area contributed by atoms with Crippen molar-refractivity contribution in [3.8, 4) is 0 Å². The van der Waals surface area contributed by atoms with Gasteiger partial charge in [-0.2, -0.15) is 13.2 Å². The van der Waals surface area contributed by atoms with E-state index in [1.165, 1.54) is 4.90 Å². The molecule has 0 saturated heterocycles. The van der Waals surface area contributed by atoms with Crippen molar-refractivity contribution in [2.24, 2.45) is 0 Å². The van der Waals surface area contributed by atoms with Crippen LogP contribution in [0.4, 0.5) is 18.9 Å². The maximum Gasteiger partial charge on any atom is 0.401 e. The molecular weight excluding hydrogens is 257 g/mol. The minimum absolute atomic E-state index is 0.0827. The first kappa shape index (κ1) is 15.8. The Bertz CT molecular complexity index is 407. The van der Waals surface area contributed by atoms with Gasteiger partial charge in [-0.1, -0.05) is 12.1 Å². The first-order valence-corrected chi connectivity index (χ1v) is 6.03. The van der Waals surface area contributed by atoms with Crippen LogP contribution < -0.4 is 5.73 Å².